The van der Waals surface area contributed by atoms with Crippen molar-refractivity contribution in [2.45, 2.75) is 19.3 Å². The van der Waals surface area contributed by atoms with E-state index < -0.39 is 0 Å². The molecule has 0 radical (unpaired) electrons. The zero-order chi connectivity index (χ0) is 12.5. The lowest BCUT2D eigenvalue weighted by molar-refractivity contribution is 0.102. The molecule has 0 bridgehead atoms. The van der Waals surface area contributed by atoms with Crippen molar-refractivity contribution in [2.75, 3.05) is 5.32 Å². The summed E-state index contributed by atoms with van der Waals surface area (Å²) in [6.07, 6.45) is 3.30. The predicted octanol–water partition coefficient (Wildman–Crippen LogP) is 3.54. The van der Waals surface area contributed by atoms with Crippen molar-refractivity contribution in [3.05, 3.63) is 45.4 Å². The fourth-order valence-electron chi connectivity index (χ4n) is 2.01. The molecular formula is C13H11ClN2OS. The summed E-state index contributed by atoms with van der Waals surface area (Å²) in [4.78, 5) is 17.7. The van der Waals surface area contributed by atoms with E-state index in [1.165, 1.54) is 11.3 Å². The predicted molar refractivity (Wildman–Crippen MR) is 73.5 cm³/mol. The lowest BCUT2D eigenvalue weighted by Crippen LogP contribution is -2.11. The number of nitrogens with zero attached hydrogens (tertiary/aromatic N) is 1. The van der Waals surface area contributed by atoms with Crippen molar-refractivity contribution in [3.8, 4) is 0 Å². The topological polar surface area (TPSA) is 42.0 Å². The molecule has 3 rings (SSSR count). The average molecular weight is 279 g/mol. The van der Waals surface area contributed by atoms with Crippen molar-refractivity contribution in [1.82, 2.24) is 4.98 Å². The van der Waals surface area contributed by atoms with Crippen LogP contribution >= 0.6 is 22.9 Å². The molecule has 0 aliphatic heterocycles. The highest BCUT2D eigenvalue weighted by Gasteiger charge is 2.18. The monoisotopic (exact) mass is 278 g/mol. The van der Waals surface area contributed by atoms with Gasteiger partial charge in [-0.1, -0.05) is 11.6 Å². The summed E-state index contributed by atoms with van der Waals surface area (Å²) in [7, 11) is 0. The molecule has 1 aromatic heterocycles. The van der Waals surface area contributed by atoms with Gasteiger partial charge >= 0.3 is 0 Å². The van der Waals surface area contributed by atoms with E-state index in [4.69, 9.17) is 11.6 Å². The molecule has 0 saturated carbocycles. The number of thiazole rings is 1. The fraction of sp³-hybridized carbons (Fsp3) is 0.231. The Kier molecular flexibility index (Phi) is 3.06. The normalized spacial score (nSPS) is 13.4. The third-order valence-electron chi connectivity index (χ3n) is 2.92. The van der Waals surface area contributed by atoms with Crippen molar-refractivity contribution >= 4 is 34.0 Å². The van der Waals surface area contributed by atoms with E-state index in [1.54, 1.807) is 35.6 Å². The smallest absolute Gasteiger partial charge is 0.257 e. The van der Waals surface area contributed by atoms with E-state index in [0.717, 1.165) is 18.5 Å². The maximum atomic E-state index is 12.0. The van der Waals surface area contributed by atoms with Crippen LogP contribution in [0.1, 0.15) is 27.3 Å². The third kappa shape index (κ3) is 2.26. The maximum absolute atomic E-state index is 12.0. The number of aromatic nitrogens is 1. The van der Waals surface area contributed by atoms with Gasteiger partial charge in [-0.05, 0) is 43.5 Å². The molecule has 1 N–H and O–H groups in total. The van der Waals surface area contributed by atoms with E-state index in [-0.39, 0.29) is 5.91 Å². The first-order valence-corrected chi connectivity index (χ1v) is 6.97. The molecule has 1 aliphatic carbocycles. The molecule has 5 heteroatoms. The van der Waals surface area contributed by atoms with Gasteiger partial charge in [0.05, 0.1) is 5.69 Å². The van der Waals surface area contributed by atoms with Crippen LogP contribution in [0.3, 0.4) is 0 Å². The number of halogens is 1. The van der Waals surface area contributed by atoms with Gasteiger partial charge in [-0.3, -0.25) is 10.1 Å². The Morgan fingerprint density at radius 3 is 2.78 bits per heavy atom. The number of hydrogen-bond donors (Lipinski definition) is 1. The van der Waals surface area contributed by atoms with Gasteiger partial charge in [-0.25, -0.2) is 4.98 Å². The van der Waals surface area contributed by atoms with E-state index in [0.29, 0.717) is 15.7 Å². The summed E-state index contributed by atoms with van der Waals surface area (Å²) >= 11 is 7.36. The Morgan fingerprint density at radius 1 is 1.28 bits per heavy atom. The average Bonchev–Trinajstić information content (AvgIpc) is 2.90. The van der Waals surface area contributed by atoms with Crippen LogP contribution in [0.2, 0.25) is 5.02 Å². The third-order valence-corrected chi connectivity index (χ3v) is 4.25. The number of rotatable bonds is 2. The van der Waals surface area contributed by atoms with Crippen molar-refractivity contribution < 1.29 is 4.79 Å². The first kappa shape index (κ1) is 11.7. The lowest BCUT2D eigenvalue weighted by atomic mass is 10.2. The van der Waals surface area contributed by atoms with Crippen LogP contribution in [-0.2, 0) is 12.8 Å². The van der Waals surface area contributed by atoms with Crippen molar-refractivity contribution in [1.29, 1.82) is 0 Å². The molecule has 1 amide bonds. The Morgan fingerprint density at radius 2 is 2.06 bits per heavy atom. The number of fused-ring (bicyclic) bond motifs is 1. The molecule has 18 heavy (non-hydrogen) atoms. The highest BCUT2D eigenvalue weighted by molar-refractivity contribution is 7.15. The van der Waals surface area contributed by atoms with Crippen LogP contribution in [0.4, 0.5) is 5.13 Å². The maximum Gasteiger partial charge on any atom is 0.257 e. The molecular weight excluding hydrogens is 268 g/mol. The molecule has 0 unspecified atom stereocenters. The summed E-state index contributed by atoms with van der Waals surface area (Å²) in [5, 5.41) is 4.15. The highest BCUT2D eigenvalue weighted by atomic mass is 35.5. The van der Waals surface area contributed by atoms with E-state index in [1.807, 2.05) is 0 Å². The summed E-state index contributed by atoms with van der Waals surface area (Å²) in [5.41, 5.74) is 1.74. The number of amides is 1. The summed E-state index contributed by atoms with van der Waals surface area (Å²) in [6.45, 7) is 0. The van der Waals surface area contributed by atoms with Crippen LogP contribution in [-0.4, -0.2) is 10.9 Å². The minimum Gasteiger partial charge on any atom is -0.298 e. The Bertz CT molecular complexity index is 570. The molecule has 0 fully saturated rings. The first-order chi connectivity index (χ1) is 8.72. The quantitative estimate of drug-likeness (QED) is 0.913. The van der Waals surface area contributed by atoms with Gasteiger partial charge in [0.1, 0.15) is 0 Å². The first-order valence-electron chi connectivity index (χ1n) is 5.78. The van der Waals surface area contributed by atoms with Gasteiger partial charge in [0, 0.05) is 15.5 Å². The SMILES string of the molecule is O=C(Nc1nc2c(s1)CCC2)c1ccc(Cl)cc1. The van der Waals surface area contributed by atoms with E-state index >= 15 is 0 Å². The molecule has 2 aromatic rings. The molecule has 1 heterocycles. The number of benzene rings is 1. The second-order valence-corrected chi connectivity index (χ2v) is 5.72. The zero-order valence-corrected chi connectivity index (χ0v) is 11.1. The van der Waals surface area contributed by atoms with Crippen molar-refractivity contribution in [2.24, 2.45) is 0 Å². The van der Waals surface area contributed by atoms with Crippen LogP contribution in [0.15, 0.2) is 24.3 Å². The van der Waals surface area contributed by atoms with Crippen LogP contribution in [0.25, 0.3) is 0 Å². The van der Waals surface area contributed by atoms with Crippen LogP contribution < -0.4 is 5.32 Å². The fourth-order valence-corrected chi connectivity index (χ4v) is 3.19. The molecule has 1 aromatic carbocycles. The summed E-state index contributed by atoms with van der Waals surface area (Å²) in [5.74, 6) is -0.140. The second-order valence-electron chi connectivity index (χ2n) is 4.20. The second kappa shape index (κ2) is 4.71. The zero-order valence-electron chi connectivity index (χ0n) is 9.57. The number of hydrogen-bond acceptors (Lipinski definition) is 3. The van der Waals surface area contributed by atoms with Crippen LogP contribution in [0, 0.1) is 0 Å². The minimum absolute atomic E-state index is 0.140. The molecule has 92 valence electrons. The van der Waals surface area contributed by atoms with E-state index in [2.05, 4.69) is 10.3 Å². The Hall–Kier alpha value is -1.39. The lowest BCUT2D eigenvalue weighted by Gasteiger charge is -2.01. The van der Waals surface area contributed by atoms with Gasteiger partial charge in [-0.15, -0.1) is 11.3 Å². The van der Waals surface area contributed by atoms with Gasteiger partial charge in [0.15, 0.2) is 5.13 Å². The molecule has 3 nitrogen and oxygen atoms in total. The number of anilines is 1. The Labute approximate surface area is 114 Å². The number of nitrogens with one attached hydrogen (secondary N) is 1. The van der Waals surface area contributed by atoms with Gasteiger partial charge in [0.25, 0.3) is 5.91 Å². The summed E-state index contributed by atoms with van der Waals surface area (Å²) < 4.78 is 0. The molecule has 0 saturated heterocycles. The summed E-state index contributed by atoms with van der Waals surface area (Å²) in [6, 6.07) is 6.83. The molecule has 1 aliphatic rings. The van der Waals surface area contributed by atoms with Crippen molar-refractivity contribution in [3.63, 3.8) is 0 Å². The van der Waals surface area contributed by atoms with Gasteiger partial charge in [0.2, 0.25) is 0 Å². The standard InChI is InChI=1S/C13H11ClN2OS/c14-9-6-4-8(5-7-9)12(17)16-13-15-10-2-1-3-11(10)18-13/h4-7H,1-3H2,(H,15,16,17). The molecule has 0 atom stereocenters. The highest BCUT2D eigenvalue weighted by Crippen LogP contribution is 2.30. The number of carbonyl (C=O) groups excluding carboxylic acids is 1. The van der Waals surface area contributed by atoms with Gasteiger partial charge < -0.3 is 0 Å². The Balaban J connectivity index is 1.75. The van der Waals surface area contributed by atoms with Gasteiger partial charge in [-0.2, -0.15) is 0 Å². The molecule has 0 spiro atoms. The van der Waals surface area contributed by atoms with E-state index in [9.17, 15) is 4.79 Å². The van der Waals surface area contributed by atoms with Crippen LogP contribution in [0.5, 0.6) is 0 Å². The minimum atomic E-state index is -0.140. The number of carbonyl (C=O) groups is 1. The number of aryl methyl sites for hydroxylation is 2. The largest absolute Gasteiger partial charge is 0.298 e.